The van der Waals surface area contributed by atoms with E-state index in [0.717, 1.165) is 36.1 Å². The van der Waals surface area contributed by atoms with Crippen molar-refractivity contribution < 1.29 is 27.2 Å². The highest BCUT2D eigenvalue weighted by Crippen LogP contribution is 2.38. The fourth-order valence-electron chi connectivity index (χ4n) is 3.62. The number of benzene rings is 1. The number of esters is 1. The van der Waals surface area contributed by atoms with Crippen LogP contribution in [0.3, 0.4) is 0 Å². The highest BCUT2D eigenvalue weighted by atomic mass is 35.5. The van der Waals surface area contributed by atoms with Crippen LogP contribution in [0.4, 0.5) is 5.00 Å². The van der Waals surface area contributed by atoms with Gasteiger partial charge < -0.3 is 14.5 Å². The molecule has 0 unspecified atom stereocenters. The summed E-state index contributed by atoms with van der Waals surface area (Å²) >= 11 is 7.22. The van der Waals surface area contributed by atoms with E-state index in [1.807, 2.05) is 0 Å². The molecule has 4 rings (SSSR count). The van der Waals surface area contributed by atoms with Crippen molar-refractivity contribution in [2.24, 2.45) is 0 Å². The number of nitrogens with zero attached hydrogens (tertiary/aromatic N) is 2. The van der Waals surface area contributed by atoms with Crippen LogP contribution in [0, 0.1) is 0 Å². The Labute approximate surface area is 199 Å². The fraction of sp³-hybridized carbons (Fsp3) is 0.333. The quantitative estimate of drug-likeness (QED) is 0.391. The molecule has 12 heteroatoms. The summed E-state index contributed by atoms with van der Waals surface area (Å²) in [5, 5.41) is 9.92. The van der Waals surface area contributed by atoms with Crippen LogP contribution in [0.5, 0.6) is 0 Å². The van der Waals surface area contributed by atoms with Gasteiger partial charge in [0.2, 0.25) is 21.6 Å². The van der Waals surface area contributed by atoms with Crippen molar-refractivity contribution in [1.29, 1.82) is 0 Å². The van der Waals surface area contributed by atoms with E-state index in [-0.39, 0.29) is 5.89 Å². The lowest BCUT2D eigenvalue weighted by Crippen LogP contribution is -2.24. The number of fused-ring (bicyclic) bond motifs is 1. The number of thiophene rings is 1. The minimum atomic E-state index is -4.22. The zero-order chi connectivity index (χ0) is 23.6. The first-order valence-electron chi connectivity index (χ1n) is 10.1. The SMILES string of the molecule is COC(=O)c1c(NC(=O)CS(=O)(=O)c2nnc(-c3cccc(Cl)c3)o2)sc2c1CCCCC2. The maximum atomic E-state index is 12.7. The molecule has 0 spiro atoms. The lowest BCUT2D eigenvalue weighted by atomic mass is 10.1. The highest BCUT2D eigenvalue weighted by Gasteiger charge is 2.30. The molecule has 2 heterocycles. The molecule has 1 amide bonds. The van der Waals surface area contributed by atoms with Gasteiger partial charge in [0.1, 0.15) is 10.8 Å². The number of amides is 1. The number of ether oxygens (including phenoxy) is 1. The average Bonchev–Trinajstić information content (AvgIpc) is 3.33. The largest absolute Gasteiger partial charge is 0.465 e. The molecular formula is C21H20ClN3O6S2. The molecule has 0 bridgehead atoms. The predicted molar refractivity (Wildman–Crippen MR) is 122 cm³/mol. The third-order valence-corrected chi connectivity index (χ3v) is 7.91. The van der Waals surface area contributed by atoms with Crippen molar-refractivity contribution in [3.8, 4) is 11.5 Å². The van der Waals surface area contributed by atoms with Crippen molar-refractivity contribution in [3.05, 3.63) is 45.3 Å². The predicted octanol–water partition coefficient (Wildman–Crippen LogP) is 3.92. The molecule has 1 N–H and O–H groups in total. The van der Waals surface area contributed by atoms with Gasteiger partial charge in [-0.05, 0) is 49.4 Å². The lowest BCUT2D eigenvalue weighted by molar-refractivity contribution is -0.113. The summed E-state index contributed by atoms with van der Waals surface area (Å²) in [5.41, 5.74) is 1.61. The van der Waals surface area contributed by atoms with Crippen molar-refractivity contribution in [2.75, 3.05) is 18.2 Å². The molecule has 0 fully saturated rings. The first-order valence-corrected chi connectivity index (χ1v) is 13.0. The lowest BCUT2D eigenvalue weighted by Gasteiger charge is -2.07. The van der Waals surface area contributed by atoms with Gasteiger partial charge in [0.25, 0.3) is 0 Å². The Morgan fingerprint density at radius 2 is 2.00 bits per heavy atom. The number of halogens is 1. The molecule has 174 valence electrons. The maximum Gasteiger partial charge on any atom is 0.341 e. The van der Waals surface area contributed by atoms with Gasteiger partial charge in [0, 0.05) is 15.5 Å². The number of anilines is 1. The van der Waals surface area contributed by atoms with E-state index >= 15 is 0 Å². The van der Waals surface area contributed by atoms with Crippen molar-refractivity contribution in [3.63, 3.8) is 0 Å². The molecular weight excluding hydrogens is 490 g/mol. The third kappa shape index (κ3) is 5.10. The van der Waals surface area contributed by atoms with Gasteiger partial charge in [-0.15, -0.1) is 16.4 Å². The standard InChI is InChI=1S/C21H20ClN3O6S2/c1-30-20(27)17-14-8-3-2-4-9-15(14)32-19(17)23-16(26)11-33(28,29)21-25-24-18(31-21)12-6-5-7-13(22)10-12/h5-7,10H,2-4,8-9,11H2,1H3,(H,23,26). The number of hydrogen-bond acceptors (Lipinski definition) is 9. The molecule has 9 nitrogen and oxygen atoms in total. The number of carbonyl (C=O) groups is 2. The van der Waals surface area contributed by atoms with Crippen molar-refractivity contribution in [2.45, 2.75) is 37.3 Å². The monoisotopic (exact) mass is 509 g/mol. The number of nitrogens with one attached hydrogen (secondary N) is 1. The number of aryl methyl sites for hydroxylation is 1. The van der Waals surface area contributed by atoms with E-state index in [4.69, 9.17) is 20.8 Å². The molecule has 0 saturated heterocycles. The zero-order valence-corrected chi connectivity index (χ0v) is 20.0. The number of carbonyl (C=O) groups excluding carboxylic acids is 2. The summed E-state index contributed by atoms with van der Waals surface area (Å²) in [6.45, 7) is 0. The molecule has 0 saturated carbocycles. The van der Waals surface area contributed by atoms with E-state index in [2.05, 4.69) is 15.5 Å². The minimum absolute atomic E-state index is 0.0357. The second kappa shape index (κ2) is 9.62. The Kier molecular flexibility index (Phi) is 6.82. The maximum absolute atomic E-state index is 12.7. The van der Waals surface area contributed by atoms with Crippen LogP contribution in [0.15, 0.2) is 33.9 Å². The topological polar surface area (TPSA) is 128 Å². The van der Waals surface area contributed by atoms with E-state index in [1.165, 1.54) is 18.4 Å². The van der Waals surface area contributed by atoms with Gasteiger partial charge in [-0.2, -0.15) is 0 Å². The van der Waals surface area contributed by atoms with Crippen molar-refractivity contribution in [1.82, 2.24) is 10.2 Å². The molecule has 1 aromatic carbocycles. The highest BCUT2D eigenvalue weighted by molar-refractivity contribution is 7.91. The van der Waals surface area contributed by atoms with E-state index in [1.54, 1.807) is 24.3 Å². The number of hydrogen-bond donors (Lipinski definition) is 1. The average molecular weight is 510 g/mol. The van der Waals surface area contributed by atoms with Gasteiger partial charge in [0.05, 0.1) is 12.7 Å². The van der Waals surface area contributed by atoms with E-state index < -0.39 is 32.7 Å². The van der Waals surface area contributed by atoms with Gasteiger partial charge >= 0.3 is 11.2 Å². The summed E-state index contributed by atoms with van der Waals surface area (Å²) in [6.07, 6.45) is 4.48. The number of aromatic nitrogens is 2. The van der Waals surface area contributed by atoms with Gasteiger partial charge in [-0.3, -0.25) is 4.79 Å². The molecule has 1 aliphatic carbocycles. The molecule has 1 aliphatic rings. The fourth-order valence-corrected chi connectivity index (χ4v) is 6.02. The molecule has 0 aliphatic heterocycles. The first-order chi connectivity index (χ1) is 15.8. The van der Waals surface area contributed by atoms with Crippen LogP contribution in [-0.4, -0.2) is 43.4 Å². The zero-order valence-electron chi connectivity index (χ0n) is 17.6. The van der Waals surface area contributed by atoms with Crippen LogP contribution >= 0.6 is 22.9 Å². The summed E-state index contributed by atoms with van der Waals surface area (Å²) < 4.78 is 35.6. The molecule has 0 atom stereocenters. The number of rotatable bonds is 6. The summed E-state index contributed by atoms with van der Waals surface area (Å²) in [7, 11) is -2.95. The normalized spacial score (nSPS) is 13.8. The van der Waals surface area contributed by atoms with E-state index in [9.17, 15) is 18.0 Å². The second-order valence-electron chi connectivity index (χ2n) is 7.45. The molecule has 3 aromatic rings. The summed E-state index contributed by atoms with van der Waals surface area (Å²) in [5.74, 6) is -2.34. The minimum Gasteiger partial charge on any atom is -0.465 e. The van der Waals surface area contributed by atoms with Crippen LogP contribution in [0.2, 0.25) is 5.02 Å². The molecule has 0 radical (unpaired) electrons. The molecule has 2 aromatic heterocycles. The second-order valence-corrected chi connectivity index (χ2v) is 10.9. The van der Waals surface area contributed by atoms with E-state index in [0.29, 0.717) is 27.6 Å². The Bertz CT molecular complexity index is 1320. The van der Waals surface area contributed by atoms with Crippen LogP contribution < -0.4 is 5.32 Å². The van der Waals surface area contributed by atoms with Crippen LogP contribution in [0.1, 0.15) is 40.1 Å². The Morgan fingerprint density at radius 1 is 1.21 bits per heavy atom. The smallest absolute Gasteiger partial charge is 0.341 e. The Hall–Kier alpha value is -2.76. The van der Waals surface area contributed by atoms with Gasteiger partial charge in [-0.1, -0.05) is 29.2 Å². The van der Waals surface area contributed by atoms with Gasteiger partial charge in [-0.25, -0.2) is 13.2 Å². The van der Waals surface area contributed by atoms with Crippen LogP contribution in [0.25, 0.3) is 11.5 Å². The Balaban J connectivity index is 1.54. The number of sulfone groups is 1. The first kappa shape index (κ1) is 23.4. The molecule has 33 heavy (non-hydrogen) atoms. The summed E-state index contributed by atoms with van der Waals surface area (Å²) in [4.78, 5) is 26.0. The Morgan fingerprint density at radius 3 is 2.76 bits per heavy atom. The van der Waals surface area contributed by atoms with Gasteiger partial charge in [0.15, 0.2) is 0 Å². The van der Waals surface area contributed by atoms with Crippen molar-refractivity contribution >= 4 is 49.7 Å². The van der Waals surface area contributed by atoms with Crippen LogP contribution in [-0.2, 0) is 32.2 Å². The summed E-state index contributed by atoms with van der Waals surface area (Å²) in [6, 6.07) is 6.49. The number of methoxy groups -OCH3 is 1. The third-order valence-electron chi connectivity index (χ3n) is 5.13.